The molecular weight excluding hydrogens is 280 g/mol. The molecular formula is C17H20N2O3. The van der Waals surface area contributed by atoms with Gasteiger partial charge in [-0.3, -0.25) is 4.79 Å². The third-order valence-electron chi connectivity index (χ3n) is 3.17. The molecule has 5 nitrogen and oxygen atoms in total. The van der Waals surface area contributed by atoms with Gasteiger partial charge >= 0.3 is 0 Å². The van der Waals surface area contributed by atoms with Crippen LogP contribution in [0.15, 0.2) is 48.5 Å². The molecule has 2 aromatic carbocycles. The lowest BCUT2D eigenvalue weighted by Crippen LogP contribution is -2.32. The summed E-state index contributed by atoms with van der Waals surface area (Å²) in [6, 6.07) is 14.3. The highest BCUT2D eigenvalue weighted by Crippen LogP contribution is 2.27. The number of anilines is 2. The zero-order valence-electron chi connectivity index (χ0n) is 12.7. The highest BCUT2D eigenvalue weighted by Gasteiger charge is 2.19. The van der Waals surface area contributed by atoms with Gasteiger partial charge in [0, 0.05) is 5.69 Å². The maximum atomic E-state index is 12.4. The van der Waals surface area contributed by atoms with E-state index < -0.39 is 6.10 Å². The summed E-state index contributed by atoms with van der Waals surface area (Å²) in [6.45, 7) is 1.89. The van der Waals surface area contributed by atoms with E-state index in [1.165, 1.54) is 0 Å². The van der Waals surface area contributed by atoms with E-state index in [0.29, 0.717) is 29.3 Å². The van der Waals surface area contributed by atoms with E-state index >= 15 is 0 Å². The Bertz CT molecular complexity index is 629. The van der Waals surface area contributed by atoms with Gasteiger partial charge in [-0.25, -0.2) is 0 Å². The number of ether oxygens (including phenoxy) is 2. The third-order valence-corrected chi connectivity index (χ3v) is 3.17. The molecule has 2 rings (SSSR count). The van der Waals surface area contributed by atoms with Crippen molar-refractivity contribution in [1.82, 2.24) is 0 Å². The Morgan fingerprint density at radius 2 is 1.95 bits per heavy atom. The number of benzene rings is 2. The normalized spacial score (nSPS) is 11.5. The van der Waals surface area contributed by atoms with Crippen LogP contribution in [0.5, 0.6) is 11.5 Å². The first kappa shape index (κ1) is 15.7. The van der Waals surface area contributed by atoms with Crippen LogP contribution in [0.3, 0.4) is 0 Å². The van der Waals surface area contributed by atoms with Crippen molar-refractivity contribution in [3.63, 3.8) is 0 Å². The van der Waals surface area contributed by atoms with Gasteiger partial charge in [0.1, 0.15) is 11.5 Å². The summed E-state index contributed by atoms with van der Waals surface area (Å²) in [5.74, 6) is 0.969. The minimum Gasteiger partial charge on any atom is -0.495 e. The SMILES string of the molecule is CC[C@@H](Oc1ccccc1)C(=O)Nc1cc(N)ccc1OC. The van der Waals surface area contributed by atoms with Gasteiger partial charge in [0.05, 0.1) is 12.8 Å². The molecule has 3 N–H and O–H groups in total. The monoisotopic (exact) mass is 300 g/mol. The van der Waals surface area contributed by atoms with Crippen molar-refractivity contribution in [2.24, 2.45) is 0 Å². The fraction of sp³-hybridized carbons (Fsp3) is 0.235. The van der Waals surface area contributed by atoms with Crippen LogP contribution in [-0.4, -0.2) is 19.1 Å². The second-order valence-electron chi connectivity index (χ2n) is 4.78. The predicted octanol–water partition coefficient (Wildman–Crippen LogP) is 3.07. The Kier molecular flexibility index (Phi) is 5.25. The molecule has 22 heavy (non-hydrogen) atoms. The number of amides is 1. The van der Waals surface area contributed by atoms with Crippen LogP contribution in [0.25, 0.3) is 0 Å². The second-order valence-corrected chi connectivity index (χ2v) is 4.78. The predicted molar refractivity (Wildman–Crippen MR) is 87.2 cm³/mol. The second kappa shape index (κ2) is 7.36. The Morgan fingerprint density at radius 3 is 2.59 bits per heavy atom. The van der Waals surface area contributed by atoms with Crippen LogP contribution in [-0.2, 0) is 4.79 Å². The Labute approximate surface area is 130 Å². The molecule has 0 aliphatic rings. The van der Waals surface area contributed by atoms with E-state index in [2.05, 4.69) is 5.32 Å². The van der Waals surface area contributed by atoms with Crippen LogP contribution in [0.4, 0.5) is 11.4 Å². The van der Waals surface area contributed by atoms with Crippen LogP contribution >= 0.6 is 0 Å². The van der Waals surface area contributed by atoms with Gasteiger partial charge in [0.15, 0.2) is 6.10 Å². The molecule has 5 heteroatoms. The number of carbonyl (C=O) groups is 1. The summed E-state index contributed by atoms with van der Waals surface area (Å²) in [5, 5.41) is 2.80. The number of carbonyl (C=O) groups excluding carboxylic acids is 1. The van der Waals surface area contributed by atoms with Crippen LogP contribution in [0.1, 0.15) is 13.3 Å². The Morgan fingerprint density at radius 1 is 1.23 bits per heavy atom. The third kappa shape index (κ3) is 3.91. The first-order valence-corrected chi connectivity index (χ1v) is 7.10. The molecule has 1 amide bonds. The highest BCUT2D eigenvalue weighted by molar-refractivity contribution is 5.96. The minimum atomic E-state index is -0.589. The molecule has 0 saturated heterocycles. The van der Waals surface area contributed by atoms with E-state index in [9.17, 15) is 4.79 Å². The molecule has 0 spiro atoms. The van der Waals surface area contributed by atoms with Crippen molar-refractivity contribution in [2.75, 3.05) is 18.2 Å². The fourth-order valence-electron chi connectivity index (χ4n) is 2.02. The van der Waals surface area contributed by atoms with Gasteiger partial charge in [-0.1, -0.05) is 25.1 Å². The smallest absolute Gasteiger partial charge is 0.265 e. The van der Waals surface area contributed by atoms with E-state index in [-0.39, 0.29) is 5.91 Å². The van der Waals surface area contributed by atoms with Crippen LogP contribution in [0.2, 0.25) is 0 Å². The summed E-state index contributed by atoms with van der Waals surface area (Å²) in [4.78, 5) is 12.4. The van der Waals surface area contributed by atoms with Gasteiger partial charge < -0.3 is 20.5 Å². The molecule has 0 aliphatic carbocycles. The largest absolute Gasteiger partial charge is 0.495 e. The highest BCUT2D eigenvalue weighted by atomic mass is 16.5. The molecule has 0 aliphatic heterocycles. The van der Waals surface area contributed by atoms with E-state index in [1.807, 2.05) is 37.3 Å². The first-order chi connectivity index (χ1) is 10.6. The standard InChI is InChI=1S/C17H20N2O3/c1-3-15(22-13-7-5-4-6-8-13)17(20)19-14-11-12(18)9-10-16(14)21-2/h4-11,15H,3,18H2,1-2H3,(H,19,20)/t15-/m1/s1. The number of hydrogen-bond acceptors (Lipinski definition) is 4. The van der Waals surface area contributed by atoms with Crippen LogP contribution < -0.4 is 20.5 Å². The molecule has 0 heterocycles. The van der Waals surface area contributed by atoms with Crippen molar-refractivity contribution in [1.29, 1.82) is 0 Å². The van der Waals surface area contributed by atoms with E-state index in [1.54, 1.807) is 25.3 Å². The minimum absolute atomic E-state index is 0.241. The number of nitrogen functional groups attached to an aromatic ring is 1. The quantitative estimate of drug-likeness (QED) is 0.804. The molecule has 2 aromatic rings. The topological polar surface area (TPSA) is 73.6 Å². The lowest BCUT2D eigenvalue weighted by atomic mass is 10.2. The summed E-state index contributed by atoms with van der Waals surface area (Å²) in [5.41, 5.74) is 6.83. The van der Waals surface area contributed by atoms with Gasteiger partial charge in [0.25, 0.3) is 5.91 Å². The molecule has 0 radical (unpaired) electrons. The lowest BCUT2D eigenvalue weighted by molar-refractivity contribution is -0.122. The maximum absolute atomic E-state index is 12.4. The number of nitrogens with one attached hydrogen (secondary N) is 1. The Balaban J connectivity index is 2.11. The number of hydrogen-bond donors (Lipinski definition) is 2. The maximum Gasteiger partial charge on any atom is 0.265 e. The van der Waals surface area contributed by atoms with Gasteiger partial charge in [-0.15, -0.1) is 0 Å². The Hall–Kier alpha value is -2.69. The summed E-state index contributed by atoms with van der Waals surface area (Å²) < 4.78 is 10.9. The van der Waals surface area contributed by atoms with Crippen molar-refractivity contribution < 1.29 is 14.3 Å². The van der Waals surface area contributed by atoms with Crippen molar-refractivity contribution in [3.05, 3.63) is 48.5 Å². The average molecular weight is 300 g/mol. The summed E-state index contributed by atoms with van der Waals surface area (Å²) in [7, 11) is 1.54. The van der Waals surface area contributed by atoms with Crippen molar-refractivity contribution in [2.45, 2.75) is 19.4 Å². The molecule has 0 unspecified atom stereocenters. The number of methoxy groups -OCH3 is 1. The molecule has 0 aromatic heterocycles. The van der Waals surface area contributed by atoms with E-state index in [0.717, 1.165) is 0 Å². The zero-order valence-corrected chi connectivity index (χ0v) is 12.7. The van der Waals surface area contributed by atoms with Gasteiger partial charge in [-0.2, -0.15) is 0 Å². The van der Waals surface area contributed by atoms with Gasteiger partial charge in [-0.05, 0) is 36.8 Å². The summed E-state index contributed by atoms with van der Waals surface area (Å²) in [6.07, 6.45) is -0.0423. The number of rotatable bonds is 6. The molecule has 0 fully saturated rings. The van der Waals surface area contributed by atoms with Gasteiger partial charge in [0.2, 0.25) is 0 Å². The van der Waals surface area contributed by atoms with Crippen LogP contribution in [0, 0.1) is 0 Å². The first-order valence-electron chi connectivity index (χ1n) is 7.10. The molecule has 1 atom stereocenters. The molecule has 0 saturated carbocycles. The number of nitrogens with two attached hydrogens (primary N) is 1. The van der Waals surface area contributed by atoms with Crippen molar-refractivity contribution >= 4 is 17.3 Å². The van der Waals surface area contributed by atoms with Crippen molar-refractivity contribution in [3.8, 4) is 11.5 Å². The molecule has 0 bridgehead atoms. The molecule has 116 valence electrons. The number of para-hydroxylation sites is 1. The zero-order chi connectivity index (χ0) is 15.9. The summed E-state index contributed by atoms with van der Waals surface area (Å²) >= 11 is 0. The average Bonchev–Trinajstić information content (AvgIpc) is 2.53. The lowest BCUT2D eigenvalue weighted by Gasteiger charge is -2.18. The fourth-order valence-corrected chi connectivity index (χ4v) is 2.02. The van der Waals surface area contributed by atoms with E-state index in [4.69, 9.17) is 15.2 Å².